The summed E-state index contributed by atoms with van der Waals surface area (Å²) in [6.45, 7) is 0.908. The standard InChI is InChI=1S/C9H15NO/c1-3-8(10-2)7-9-5-4-6-11-9/h1,8-10H,4-7H2,2H3. The normalized spacial score (nSPS) is 26.4. The van der Waals surface area contributed by atoms with Crippen molar-refractivity contribution in [1.82, 2.24) is 5.32 Å². The first-order valence-electron chi connectivity index (χ1n) is 4.12. The Bertz CT molecular complexity index is 144. The minimum atomic E-state index is 0.179. The zero-order chi connectivity index (χ0) is 8.10. The summed E-state index contributed by atoms with van der Waals surface area (Å²) in [5, 5.41) is 3.06. The summed E-state index contributed by atoms with van der Waals surface area (Å²) in [4.78, 5) is 0. The molecular formula is C9H15NO. The first kappa shape index (κ1) is 8.58. The molecule has 0 aliphatic carbocycles. The summed E-state index contributed by atoms with van der Waals surface area (Å²) in [5.74, 6) is 2.69. The number of rotatable bonds is 3. The van der Waals surface area contributed by atoms with E-state index in [0.717, 1.165) is 13.0 Å². The monoisotopic (exact) mass is 153 g/mol. The summed E-state index contributed by atoms with van der Waals surface area (Å²) in [6.07, 6.45) is 8.99. The van der Waals surface area contributed by atoms with Crippen LogP contribution in [0, 0.1) is 12.3 Å². The van der Waals surface area contributed by atoms with E-state index in [-0.39, 0.29) is 6.04 Å². The molecule has 0 spiro atoms. The van der Waals surface area contributed by atoms with Crippen LogP contribution in [0.25, 0.3) is 0 Å². The lowest BCUT2D eigenvalue weighted by Crippen LogP contribution is -2.27. The zero-order valence-electron chi connectivity index (χ0n) is 6.97. The summed E-state index contributed by atoms with van der Waals surface area (Å²) < 4.78 is 5.45. The summed E-state index contributed by atoms with van der Waals surface area (Å²) in [6, 6.07) is 0.179. The van der Waals surface area contributed by atoms with Crippen LogP contribution >= 0.6 is 0 Å². The molecule has 1 fully saturated rings. The molecule has 2 nitrogen and oxygen atoms in total. The highest BCUT2D eigenvalue weighted by atomic mass is 16.5. The van der Waals surface area contributed by atoms with Gasteiger partial charge in [-0.15, -0.1) is 6.42 Å². The van der Waals surface area contributed by atoms with Crippen molar-refractivity contribution in [3.8, 4) is 12.3 Å². The van der Waals surface area contributed by atoms with Gasteiger partial charge >= 0.3 is 0 Å². The van der Waals surface area contributed by atoms with E-state index in [1.807, 2.05) is 7.05 Å². The van der Waals surface area contributed by atoms with Crippen LogP contribution in [-0.2, 0) is 4.74 Å². The molecule has 1 heterocycles. The van der Waals surface area contributed by atoms with Crippen molar-refractivity contribution in [2.45, 2.75) is 31.4 Å². The van der Waals surface area contributed by atoms with E-state index in [1.165, 1.54) is 12.8 Å². The molecule has 0 aromatic heterocycles. The van der Waals surface area contributed by atoms with Gasteiger partial charge in [0.1, 0.15) is 0 Å². The van der Waals surface area contributed by atoms with Gasteiger partial charge in [-0.1, -0.05) is 5.92 Å². The second kappa shape index (κ2) is 4.38. The lowest BCUT2D eigenvalue weighted by molar-refractivity contribution is 0.100. The largest absolute Gasteiger partial charge is 0.378 e. The number of terminal acetylenes is 1. The van der Waals surface area contributed by atoms with Crippen LogP contribution in [0.3, 0.4) is 0 Å². The molecule has 1 aliphatic heterocycles. The Morgan fingerprint density at radius 2 is 2.64 bits per heavy atom. The fourth-order valence-corrected chi connectivity index (χ4v) is 1.36. The lowest BCUT2D eigenvalue weighted by atomic mass is 10.1. The number of ether oxygens (including phenoxy) is 1. The van der Waals surface area contributed by atoms with E-state index < -0.39 is 0 Å². The molecule has 1 saturated heterocycles. The van der Waals surface area contributed by atoms with Gasteiger partial charge in [0, 0.05) is 13.0 Å². The first-order chi connectivity index (χ1) is 5.36. The summed E-state index contributed by atoms with van der Waals surface area (Å²) in [7, 11) is 1.89. The highest BCUT2D eigenvalue weighted by Crippen LogP contribution is 2.16. The van der Waals surface area contributed by atoms with Crippen molar-refractivity contribution in [3.05, 3.63) is 0 Å². The first-order valence-corrected chi connectivity index (χ1v) is 4.12. The zero-order valence-corrected chi connectivity index (χ0v) is 6.97. The minimum absolute atomic E-state index is 0.179. The third-order valence-electron chi connectivity index (χ3n) is 2.07. The fourth-order valence-electron chi connectivity index (χ4n) is 1.36. The van der Waals surface area contributed by atoms with Crippen molar-refractivity contribution in [3.63, 3.8) is 0 Å². The van der Waals surface area contributed by atoms with Crippen LogP contribution in [0.4, 0.5) is 0 Å². The second-order valence-corrected chi connectivity index (χ2v) is 2.88. The van der Waals surface area contributed by atoms with Crippen molar-refractivity contribution < 1.29 is 4.74 Å². The topological polar surface area (TPSA) is 21.3 Å². The third-order valence-corrected chi connectivity index (χ3v) is 2.07. The van der Waals surface area contributed by atoms with E-state index in [4.69, 9.17) is 11.2 Å². The van der Waals surface area contributed by atoms with Gasteiger partial charge < -0.3 is 10.1 Å². The Hall–Kier alpha value is -0.520. The van der Waals surface area contributed by atoms with Gasteiger partial charge in [-0.25, -0.2) is 0 Å². The molecule has 0 radical (unpaired) electrons. The SMILES string of the molecule is C#CC(CC1CCCO1)NC. The van der Waals surface area contributed by atoms with Crippen LogP contribution in [0.1, 0.15) is 19.3 Å². The van der Waals surface area contributed by atoms with Crippen molar-refractivity contribution in [2.75, 3.05) is 13.7 Å². The van der Waals surface area contributed by atoms with Crippen LogP contribution in [-0.4, -0.2) is 25.8 Å². The average Bonchev–Trinajstić information content (AvgIpc) is 2.52. The van der Waals surface area contributed by atoms with Gasteiger partial charge in [-0.2, -0.15) is 0 Å². The molecule has 2 unspecified atom stereocenters. The smallest absolute Gasteiger partial charge is 0.0709 e. The molecule has 1 rings (SSSR count). The van der Waals surface area contributed by atoms with Crippen LogP contribution in [0.15, 0.2) is 0 Å². The maximum atomic E-state index is 5.45. The van der Waals surface area contributed by atoms with Gasteiger partial charge in [0.25, 0.3) is 0 Å². The van der Waals surface area contributed by atoms with Gasteiger partial charge in [0.15, 0.2) is 0 Å². The van der Waals surface area contributed by atoms with Gasteiger partial charge in [-0.05, 0) is 19.9 Å². The van der Waals surface area contributed by atoms with Gasteiger partial charge in [-0.3, -0.25) is 0 Å². The van der Waals surface area contributed by atoms with E-state index >= 15 is 0 Å². The van der Waals surface area contributed by atoms with E-state index in [2.05, 4.69) is 11.2 Å². The fraction of sp³-hybridized carbons (Fsp3) is 0.778. The predicted octanol–water partition coefficient (Wildman–Crippen LogP) is 0.777. The van der Waals surface area contributed by atoms with E-state index in [1.54, 1.807) is 0 Å². The summed E-state index contributed by atoms with van der Waals surface area (Å²) in [5.41, 5.74) is 0. The number of hydrogen-bond donors (Lipinski definition) is 1. The van der Waals surface area contributed by atoms with Gasteiger partial charge in [0.05, 0.1) is 12.1 Å². The van der Waals surface area contributed by atoms with Crippen molar-refractivity contribution >= 4 is 0 Å². The lowest BCUT2D eigenvalue weighted by Gasteiger charge is -2.13. The van der Waals surface area contributed by atoms with E-state index in [9.17, 15) is 0 Å². The van der Waals surface area contributed by atoms with Crippen molar-refractivity contribution in [1.29, 1.82) is 0 Å². The molecule has 11 heavy (non-hydrogen) atoms. The van der Waals surface area contributed by atoms with Crippen LogP contribution < -0.4 is 5.32 Å². The van der Waals surface area contributed by atoms with Crippen LogP contribution in [0.5, 0.6) is 0 Å². The summed E-state index contributed by atoms with van der Waals surface area (Å²) >= 11 is 0. The molecule has 1 aliphatic rings. The average molecular weight is 153 g/mol. The van der Waals surface area contributed by atoms with Crippen molar-refractivity contribution in [2.24, 2.45) is 0 Å². The Kier molecular flexibility index (Phi) is 3.41. The molecule has 1 N–H and O–H groups in total. The maximum absolute atomic E-state index is 5.45. The molecule has 0 aromatic carbocycles. The molecule has 0 aromatic rings. The molecular weight excluding hydrogens is 138 g/mol. The second-order valence-electron chi connectivity index (χ2n) is 2.88. The highest BCUT2D eigenvalue weighted by Gasteiger charge is 2.18. The maximum Gasteiger partial charge on any atom is 0.0709 e. The predicted molar refractivity (Wildman–Crippen MR) is 45.3 cm³/mol. The van der Waals surface area contributed by atoms with Crippen LogP contribution in [0.2, 0.25) is 0 Å². The third kappa shape index (κ3) is 2.53. The molecule has 62 valence electrons. The van der Waals surface area contributed by atoms with Gasteiger partial charge in [0.2, 0.25) is 0 Å². The molecule has 0 saturated carbocycles. The Balaban J connectivity index is 2.23. The number of hydrogen-bond acceptors (Lipinski definition) is 2. The number of nitrogens with one attached hydrogen (secondary N) is 1. The Morgan fingerprint density at radius 3 is 3.09 bits per heavy atom. The quantitative estimate of drug-likeness (QED) is 0.605. The molecule has 0 amide bonds. The minimum Gasteiger partial charge on any atom is -0.378 e. The molecule has 2 heteroatoms. The van der Waals surface area contributed by atoms with E-state index in [0.29, 0.717) is 6.10 Å². The highest BCUT2D eigenvalue weighted by molar-refractivity contribution is 4.99. The molecule has 2 atom stereocenters. The Morgan fingerprint density at radius 1 is 1.82 bits per heavy atom. The Labute approximate surface area is 68.3 Å². The molecule has 0 bridgehead atoms.